The van der Waals surface area contributed by atoms with E-state index in [2.05, 4.69) is 18.7 Å². The Kier molecular flexibility index (Phi) is 6.00. The van der Waals surface area contributed by atoms with Crippen molar-refractivity contribution in [2.75, 3.05) is 39.3 Å². The minimum Gasteiger partial charge on any atom is -0.340 e. The first kappa shape index (κ1) is 18.6. The van der Waals surface area contributed by atoms with E-state index in [0.717, 1.165) is 45.4 Å². The second kappa shape index (κ2) is 8.04. The predicted octanol–water partition coefficient (Wildman–Crippen LogP) is 0.905. The number of nitrogens with zero attached hydrogens (tertiary/aromatic N) is 3. The molecule has 25 heavy (non-hydrogen) atoms. The number of nitrogens with two attached hydrogens (primary N) is 1. The zero-order valence-corrected chi connectivity index (χ0v) is 15.8. The lowest BCUT2D eigenvalue weighted by molar-refractivity contribution is -0.139. The minimum atomic E-state index is -0.175. The lowest BCUT2D eigenvalue weighted by Gasteiger charge is -2.39. The van der Waals surface area contributed by atoms with Gasteiger partial charge in [0.25, 0.3) is 0 Å². The van der Waals surface area contributed by atoms with Crippen molar-refractivity contribution in [1.29, 1.82) is 0 Å². The number of hydrogen-bond donors (Lipinski definition) is 1. The Hall–Kier alpha value is -1.14. The minimum absolute atomic E-state index is 0.144. The van der Waals surface area contributed by atoms with Gasteiger partial charge in [0.1, 0.15) is 0 Å². The van der Waals surface area contributed by atoms with E-state index in [1.54, 1.807) is 0 Å². The van der Waals surface area contributed by atoms with Crippen LogP contribution in [0, 0.1) is 11.8 Å². The monoisotopic (exact) mass is 350 g/mol. The maximum Gasteiger partial charge on any atom is 0.228 e. The van der Waals surface area contributed by atoms with Crippen molar-refractivity contribution >= 4 is 11.8 Å². The second-order valence-corrected chi connectivity index (χ2v) is 8.18. The van der Waals surface area contributed by atoms with Crippen molar-refractivity contribution < 1.29 is 9.59 Å². The summed E-state index contributed by atoms with van der Waals surface area (Å²) >= 11 is 0. The van der Waals surface area contributed by atoms with Gasteiger partial charge in [-0.1, -0.05) is 13.8 Å². The van der Waals surface area contributed by atoms with Gasteiger partial charge in [-0.3, -0.25) is 14.5 Å². The van der Waals surface area contributed by atoms with Crippen LogP contribution in [-0.4, -0.2) is 77.9 Å². The summed E-state index contributed by atoms with van der Waals surface area (Å²) in [5.74, 6) is 0.751. The Labute approximate surface area is 151 Å². The molecule has 0 radical (unpaired) electrons. The Morgan fingerprint density at radius 1 is 1.24 bits per heavy atom. The summed E-state index contributed by atoms with van der Waals surface area (Å²) in [5, 5.41) is 0. The van der Waals surface area contributed by atoms with Crippen molar-refractivity contribution in [3.05, 3.63) is 0 Å². The van der Waals surface area contributed by atoms with Crippen LogP contribution in [0.3, 0.4) is 0 Å². The van der Waals surface area contributed by atoms with Gasteiger partial charge in [-0.15, -0.1) is 0 Å². The summed E-state index contributed by atoms with van der Waals surface area (Å²) in [6, 6.07) is 0.612. The molecule has 0 saturated carbocycles. The van der Waals surface area contributed by atoms with E-state index in [1.807, 2.05) is 9.80 Å². The van der Waals surface area contributed by atoms with E-state index < -0.39 is 0 Å². The molecule has 3 heterocycles. The molecular formula is C19H34N4O2. The topological polar surface area (TPSA) is 69.9 Å². The Bertz CT molecular complexity index is 498. The van der Waals surface area contributed by atoms with E-state index in [4.69, 9.17) is 5.73 Å². The molecule has 6 nitrogen and oxygen atoms in total. The van der Waals surface area contributed by atoms with Crippen LogP contribution >= 0.6 is 0 Å². The molecule has 0 aromatic rings. The van der Waals surface area contributed by atoms with E-state index in [1.165, 1.54) is 6.42 Å². The first-order valence-electron chi connectivity index (χ1n) is 10.1. The molecular weight excluding hydrogens is 316 g/mol. The highest BCUT2D eigenvalue weighted by Crippen LogP contribution is 2.28. The Balaban J connectivity index is 1.59. The number of carbonyl (C=O) groups is 2. The normalized spacial score (nSPS) is 34.1. The van der Waals surface area contributed by atoms with Crippen LogP contribution in [-0.2, 0) is 9.59 Å². The number of likely N-dealkylation sites (N-methyl/N-ethyl adjacent to an activating group) is 1. The van der Waals surface area contributed by atoms with Gasteiger partial charge in [0.15, 0.2) is 0 Å². The SMILES string of the molecule is CCN1CCCC1CN1CC(C(=O)N2CCC(C)CC2CN)CC1=O. The van der Waals surface area contributed by atoms with Crippen LogP contribution in [0.2, 0.25) is 0 Å². The maximum atomic E-state index is 13.0. The number of hydrogen-bond acceptors (Lipinski definition) is 4. The van der Waals surface area contributed by atoms with Crippen molar-refractivity contribution in [2.45, 2.75) is 58.0 Å². The first-order valence-corrected chi connectivity index (χ1v) is 10.1. The van der Waals surface area contributed by atoms with Crippen LogP contribution < -0.4 is 5.73 Å². The Morgan fingerprint density at radius 2 is 2.04 bits per heavy atom. The number of likely N-dealkylation sites (tertiary alicyclic amines) is 3. The zero-order valence-electron chi connectivity index (χ0n) is 15.8. The van der Waals surface area contributed by atoms with Crippen molar-refractivity contribution in [3.63, 3.8) is 0 Å². The molecule has 3 fully saturated rings. The molecule has 4 unspecified atom stereocenters. The molecule has 2 N–H and O–H groups in total. The van der Waals surface area contributed by atoms with Gasteiger partial charge < -0.3 is 15.5 Å². The lowest BCUT2D eigenvalue weighted by atomic mass is 9.91. The highest BCUT2D eigenvalue weighted by molar-refractivity contribution is 5.89. The largest absolute Gasteiger partial charge is 0.340 e. The zero-order chi connectivity index (χ0) is 18.0. The standard InChI is InChI=1S/C19H34N4O2/c1-3-21-7-4-5-16(21)13-22-12-15(10-18(22)24)19(25)23-8-6-14(2)9-17(23)11-20/h14-17H,3-13,20H2,1-2H3. The van der Waals surface area contributed by atoms with E-state index in [0.29, 0.717) is 31.5 Å². The average Bonchev–Trinajstić information content (AvgIpc) is 3.21. The summed E-state index contributed by atoms with van der Waals surface area (Å²) in [7, 11) is 0. The maximum absolute atomic E-state index is 13.0. The van der Waals surface area contributed by atoms with Crippen molar-refractivity contribution in [1.82, 2.24) is 14.7 Å². The van der Waals surface area contributed by atoms with Crippen LogP contribution in [0.1, 0.15) is 46.0 Å². The van der Waals surface area contributed by atoms with Gasteiger partial charge >= 0.3 is 0 Å². The molecule has 3 aliphatic heterocycles. The van der Waals surface area contributed by atoms with E-state index in [-0.39, 0.29) is 23.8 Å². The van der Waals surface area contributed by atoms with Crippen LogP contribution in [0.15, 0.2) is 0 Å². The average molecular weight is 351 g/mol. The van der Waals surface area contributed by atoms with Gasteiger partial charge in [-0.05, 0) is 44.7 Å². The molecule has 6 heteroatoms. The van der Waals surface area contributed by atoms with Crippen molar-refractivity contribution in [3.8, 4) is 0 Å². The molecule has 3 aliphatic rings. The van der Waals surface area contributed by atoms with Crippen LogP contribution in [0.5, 0.6) is 0 Å². The second-order valence-electron chi connectivity index (χ2n) is 8.18. The van der Waals surface area contributed by atoms with Crippen molar-refractivity contribution in [2.24, 2.45) is 17.6 Å². The molecule has 2 amide bonds. The fourth-order valence-corrected chi connectivity index (χ4v) is 4.89. The summed E-state index contributed by atoms with van der Waals surface area (Å²) in [6.45, 7) is 9.28. The molecule has 142 valence electrons. The lowest BCUT2D eigenvalue weighted by Crippen LogP contribution is -2.51. The number of amides is 2. The van der Waals surface area contributed by atoms with Gasteiger partial charge in [0.2, 0.25) is 11.8 Å². The predicted molar refractivity (Wildman–Crippen MR) is 97.9 cm³/mol. The van der Waals surface area contributed by atoms with E-state index >= 15 is 0 Å². The molecule has 0 aromatic carbocycles. The number of rotatable bonds is 5. The molecule has 0 bridgehead atoms. The highest BCUT2D eigenvalue weighted by atomic mass is 16.2. The molecule has 0 aromatic heterocycles. The Morgan fingerprint density at radius 3 is 2.76 bits per heavy atom. The van der Waals surface area contributed by atoms with Gasteiger partial charge in [0, 0.05) is 44.7 Å². The third kappa shape index (κ3) is 4.00. The molecule has 0 aliphatic carbocycles. The van der Waals surface area contributed by atoms with E-state index in [9.17, 15) is 9.59 Å². The molecule has 3 rings (SSSR count). The summed E-state index contributed by atoms with van der Waals surface area (Å²) in [4.78, 5) is 31.8. The van der Waals surface area contributed by atoms with Gasteiger partial charge in [0.05, 0.1) is 5.92 Å². The highest BCUT2D eigenvalue weighted by Gasteiger charge is 2.40. The van der Waals surface area contributed by atoms with Crippen LogP contribution in [0.4, 0.5) is 0 Å². The number of carbonyl (C=O) groups excluding carboxylic acids is 2. The summed E-state index contributed by atoms with van der Waals surface area (Å²) < 4.78 is 0. The third-order valence-corrected chi connectivity index (χ3v) is 6.43. The summed E-state index contributed by atoms with van der Waals surface area (Å²) in [5.41, 5.74) is 5.91. The summed E-state index contributed by atoms with van der Waals surface area (Å²) in [6.07, 6.45) is 4.78. The fourth-order valence-electron chi connectivity index (χ4n) is 4.89. The van der Waals surface area contributed by atoms with Gasteiger partial charge in [-0.2, -0.15) is 0 Å². The molecule has 0 spiro atoms. The molecule has 3 saturated heterocycles. The quantitative estimate of drug-likeness (QED) is 0.800. The number of piperidine rings is 1. The molecule has 4 atom stereocenters. The smallest absolute Gasteiger partial charge is 0.228 e. The fraction of sp³-hybridized carbons (Fsp3) is 0.895. The first-order chi connectivity index (χ1) is 12.0. The third-order valence-electron chi connectivity index (χ3n) is 6.43. The van der Waals surface area contributed by atoms with Gasteiger partial charge in [-0.25, -0.2) is 0 Å². The van der Waals surface area contributed by atoms with Crippen LogP contribution in [0.25, 0.3) is 0 Å².